The smallest absolute Gasteiger partial charge is 0.138 e. The molecule has 1 aromatic carbocycles. The Hall–Kier alpha value is -0.000000000000000111. The van der Waals surface area contributed by atoms with Gasteiger partial charge < -0.3 is 9.64 Å². The van der Waals surface area contributed by atoms with Gasteiger partial charge in [0.2, 0.25) is 0 Å². The Morgan fingerprint density at radius 2 is 1.90 bits per heavy atom. The van der Waals surface area contributed by atoms with E-state index in [0.29, 0.717) is 11.6 Å². The van der Waals surface area contributed by atoms with Crippen molar-refractivity contribution in [2.75, 3.05) is 46.4 Å². The Bertz CT molecular complexity index is 437. The van der Waals surface area contributed by atoms with Crippen molar-refractivity contribution < 1.29 is 4.74 Å². The third-order valence-electron chi connectivity index (χ3n) is 3.55. The summed E-state index contributed by atoms with van der Waals surface area (Å²) in [5.74, 6) is 0.775. The molecule has 1 aliphatic heterocycles. The molecule has 0 saturated carbocycles. The second kappa shape index (κ2) is 8.44. The molecular formula is C14H21BrCl2N2O. The molecule has 114 valence electrons. The van der Waals surface area contributed by atoms with Gasteiger partial charge in [0, 0.05) is 37.2 Å². The molecule has 1 saturated heterocycles. The summed E-state index contributed by atoms with van der Waals surface area (Å²) in [7, 11) is 2.16. The second-order valence-electron chi connectivity index (χ2n) is 4.98. The maximum absolute atomic E-state index is 6.26. The highest BCUT2D eigenvalue weighted by Gasteiger charge is 2.14. The predicted octanol–water partition coefficient (Wildman–Crippen LogP) is 3.46. The van der Waals surface area contributed by atoms with Crippen LogP contribution in [-0.4, -0.2) is 56.2 Å². The lowest BCUT2D eigenvalue weighted by Crippen LogP contribution is -2.45. The summed E-state index contributed by atoms with van der Waals surface area (Å²) < 4.78 is 6.81. The molecule has 3 nitrogen and oxygen atoms in total. The van der Waals surface area contributed by atoms with Gasteiger partial charge in [-0.3, -0.25) is 4.90 Å². The highest BCUT2D eigenvalue weighted by molar-refractivity contribution is 9.10. The van der Waals surface area contributed by atoms with Gasteiger partial charge in [-0.2, -0.15) is 0 Å². The van der Waals surface area contributed by atoms with Crippen LogP contribution >= 0.6 is 39.9 Å². The molecule has 1 fully saturated rings. The van der Waals surface area contributed by atoms with Crippen LogP contribution < -0.4 is 4.74 Å². The molecule has 2 rings (SSSR count). The maximum Gasteiger partial charge on any atom is 0.138 e. The zero-order valence-corrected chi connectivity index (χ0v) is 15.0. The molecule has 0 bridgehead atoms. The van der Waals surface area contributed by atoms with Gasteiger partial charge in [0.05, 0.1) is 5.02 Å². The average Bonchev–Trinajstić information content (AvgIpc) is 2.41. The molecule has 0 N–H and O–H groups in total. The van der Waals surface area contributed by atoms with Gasteiger partial charge in [0.15, 0.2) is 0 Å². The van der Waals surface area contributed by atoms with Crippen molar-refractivity contribution in [3.63, 3.8) is 0 Å². The highest BCUT2D eigenvalue weighted by Crippen LogP contribution is 2.32. The third kappa shape index (κ3) is 4.78. The van der Waals surface area contributed by atoms with Gasteiger partial charge in [0.25, 0.3) is 0 Å². The molecule has 1 aliphatic rings. The van der Waals surface area contributed by atoms with Crippen molar-refractivity contribution in [1.82, 2.24) is 9.80 Å². The van der Waals surface area contributed by atoms with Crippen LogP contribution in [-0.2, 0) is 0 Å². The molecule has 1 aromatic rings. The molecule has 0 aromatic heterocycles. The van der Waals surface area contributed by atoms with Crippen molar-refractivity contribution in [2.24, 2.45) is 0 Å². The first-order chi connectivity index (χ1) is 9.08. The second-order valence-corrected chi connectivity index (χ2v) is 6.21. The number of ether oxygens (including phenoxy) is 1. The van der Waals surface area contributed by atoms with Crippen molar-refractivity contribution in [1.29, 1.82) is 0 Å². The van der Waals surface area contributed by atoms with E-state index in [2.05, 4.69) is 32.8 Å². The Balaban J connectivity index is 0.00000200. The zero-order valence-electron chi connectivity index (χ0n) is 11.9. The topological polar surface area (TPSA) is 15.7 Å². The molecular weight excluding hydrogens is 363 g/mol. The first-order valence-electron chi connectivity index (χ1n) is 6.56. The molecule has 0 atom stereocenters. The van der Waals surface area contributed by atoms with Crippen LogP contribution in [0.1, 0.15) is 5.56 Å². The molecule has 20 heavy (non-hydrogen) atoms. The summed E-state index contributed by atoms with van der Waals surface area (Å²) in [6.45, 7) is 8.14. The minimum absolute atomic E-state index is 0. The summed E-state index contributed by atoms with van der Waals surface area (Å²) >= 11 is 9.73. The van der Waals surface area contributed by atoms with E-state index < -0.39 is 0 Å². The third-order valence-corrected chi connectivity index (χ3v) is 4.87. The van der Waals surface area contributed by atoms with E-state index in [1.54, 1.807) is 0 Å². The summed E-state index contributed by atoms with van der Waals surface area (Å²) in [5.41, 5.74) is 1.03. The monoisotopic (exact) mass is 382 g/mol. The lowest BCUT2D eigenvalue weighted by molar-refractivity contribution is 0.134. The Kier molecular flexibility index (Phi) is 7.62. The number of rotatable bonds is 4. The van der Waals surface area contributed by atoms with E-state index in [4.69, 9.17) is 16.3 Å². The van der Waals surface area contributed by atoms with Crippen LogP contribution in [0.25, 0.3) is 0 Å². The molecule has 0 unspecified atom stereocenters. The number of likely N-dealkylation sites (N-methyl/N-ethyl adjacent to an activating group) is 1. The average molecular weight is 384 g/mol. The van der Waals surface area contributed by atoms with E-state index in [0.717, 1.165) is 48.5 Å². The van der Waals surface area contributed by atoms with E-state index in [1.807, 2.05) is 19.1 Å². The molecule has 0 aliphatic carbocycles. The Morgan fingerprint density at radius 1 is 1.25 bits per heavy atom. The lowest BCUT2D eigenvalue weighted by atomic mass is 10.2. The number of nitrogens with zero attached hydrogens (tertiary/aromatic N) is 2. The van der Waals surface area contributed by atoms with Crippen LogP contribution in [0.2, 0.25) is 5.02 Å². The largest absolute Gasteiger partial charge is 0.491 e. The standard InChI is InChI=1S/C14H20BrClN2O.ClH/c1-11-12(15)3-4-13(14(11)16)19-10-9-18-7-5-17(2)6-8-18;/h3-4H,5-10H2,1-2H3;1H. The van der Waals surface area contributed by atoms with Crippen LogP contribution in [0.5, 0.6) is 5.75 Å². The van der Waals surface area contributed by atoms with Crippen LogP contribution in [0.3, 0.4) is 0 Å². The first-order valence-corrected chi connectivity index (χ1v) is 7.73. The van der Waals surface area contributed by atoms with E-state index in [1.165, 1.54) is 0 Å². The van der Waals surface area contributed by atoms with Crippen molar-refractivity contribution in [3.8, 4) is 5.75 Å². The zero-order chi connectivity index (χ0) is 13.8. The Morgan fingerprint density at radius 3 is 2.55 bits per heavy atom. The SMILES string of the molecule is Cc1c(Br)ccc(OCCN2CCN(C)CC2)c1Cl.Cl. The van der Waals surface area contributed by atoms with Crippen molar-refractivity contribution in [3.05, 3.63) is 27.2 Å². The lowest BCUT2D eigenvalue weighted by Gasteiger charge is -2.32. The maximum atomic E-state index is 6.26. The first kappa shape index (κ1) is 18.1. The summed E-state index contributed by atoms with van der Waals surface area (Å²) in [5, 5.41) is 0.702. The van der Waals surface area contributed by atoms with Crippen molar-refractivity contribution in [2.45, 2.75) is 6.92 Å². The van der Waals surface area contributed by atoms with Crippen LogP contribution in [0, 0.1) is 6.92 Å². The van der Waals surface area contributed by atoms with E-state index in [9.17, 15) is 0 Å². The van der Waals surface area contributed by atoms with Gasteiger partial charge in [-0.1, -0.05) is 27.5 Å². The molecule has 0 radical (unpaired) electrons. The summed E-state index contributed by atoms with van der Waals surface area (Å²) in [4.78, 5) is 4.78. The minimum atomic E-state index is 0. The summed E-state index contributed by atoms with van der Waals surface area (Å²) in [6, 6.07) is 3.90. The normalized spacial score (nSPS) is 16.8. The molecule has 0 spiro atoms. The van der Waals surface area contributed by atoms with Gasteiger partial charge in [0.1, 0.15) is 12.4 Å². The predicted molar refractivity (Wildman–Crippen MR) is 90.6 cm³/mol. The Labute approximate surface area is 140 Å². The quantitative estimate of drug-likeness (QED) is 0.791. The fourth-order valence-electron chi connectivity index (χ4n) is 2.10. The van der Waals surface area contributed by atoms with Gasteiger partial charge >= 0.3 is 0 Å². The van der Waals surface area contributed by atoms with Gasteiger partial charge in [-0.15, -0.1) is 12.4 Å². The molecule has 6 heteroatoms. The molecule has 0 amide bonds. The van der Waals surface area contributed by atoms with Gasteiger partial charge in [-0.05, 0) is 31.7 Å². The van der Waals surface area contributed by atoms with E-state index >= 15 is 0 Å². The fraction of sp³-hybridized carbons (Fsp3) is 0.571. The number of hydrogen-bond donors (Lipinski definition) is 0. The van der Waals surface area contributed by atoms with Crippen LogP contribution in [0.4, 0.5) is 0 Å². The van der Waals surface area contributed by atoms with E-state index in [-0.39, 0.29) is 12.4 Å². The number of benzene rings is 1. The number of hydrogen-bond acceptors (Lipinski definition) is 3. The minimum Gasteiger partial charge on any atom is -0.491 e. The van der Waals surface area contributed by atoms with Crippen LogP contribution in [0.15, 0.2) is 16.6 Å². The summed E-state index contributed by atoms with van der Waals surface area (Å²) in [6.07, 6.45) is 0. The number of halogens is 3. The number of piperazine rings is 1. The fourth-order valence-corrected chi connectivity index (χ4v) is 2.77. The molecule has 1 heterocycles. The van der Waals surface area contributed by atoms with Crippen molar-refractivity contribution >= 4 is 39.9 Å². The highest BCUT2D eigenvalue weighted by atomic mass is 79.9. The van der Waals surface area contributed by atoms with Gasteiger partial charge in [-0.25, -0.2) is 0 Å².